The topological polar surface area (TPSA) is 26.3 Å². The van der Waals surface area contributed by atoms with E-state index < -0.39 is 5.82 Å². The van der Waals surface area contributed by atoms with E-state index in [1.54, 1.807) is 30.3 Å². The van der Waals surface area contributed by atoms with Crippen LogP contribution in [0.3, 0.4) is 0 Å². The zero-order valence-corrected chi connectivity index (χ0v) is 12.5. The number of rotatable bonds is 6. The molecule has 2 nitrogen and oxygen atoms in total. The highest BCUT2D eigenvalue weighted by Gasteiger charge is 2.11. The second-order valence-corrected chi connectivity index (χ2v) is 5.15. The molecular formula is C17H16ClFO2. The molecule has 0 unspecified atom stereocenters. The van der Waals surface area contributed by atoms with Crippen LogP contribution in [-0.2, 0) is 6.42 Å². The molecule has 4 heteroatoms. The molecule has 0 aromatic heterocycles. The smallest absolute Gasteiger partial charge is 0.167 e. The van der Waals surface area contributed by atoms with E-state index in [1.807, 2.05) is 6.92 Å². The Morgan fingerprint density at radius 1 is 1.24 bits per heavy atom. The summed E-state index contributed by atoms with van der Waals surface area (Å²) in [7, 11) is 0. The van der Waals surface area contributed by atoms with Gasteiger partial charge in [0.15, 0.2) is 5.78 Å². The third kappa shape index (κ3) is 4.30. The van der Waals surface area contributed by atoms with Crippen LogP contribution in [0.15, 0.2) is 42.5 Å². The summed E-state index contributed by atoms with van der Waals surface area (Å²) in [5.41, 5.74) is 0.849. The van der Waals surface area contributed by atoms with Gasteiger partial charge in [-0.3, -0.25) is 4.79 Å². The average Bonchev–Trinajstić information content (AvgIpc) is 2.48. The quantitative estimate of drug-likeness (QED) is 0.723. The maximum absolute atomic E-state index is 13.7. The first-order valence-electron chi connectivity index (χ1n) is 6.80. The second-order valence-electron chi connectivity index (χ2n) is 4.71. The molecule has 0 amide bonds. The van der Waals surface area contributed by atoms with Gasteiger partial charge in [-0.2, -0.15) is 0 Å². The maximum atomic E-state index is 13.7. The van der Waals surface area contributed by atoms with Gasteiger partial charge in [-0.25, -0.2) is 4.39 Å². The van der Waals surface area contributed by atoms with Crippen molar-refractivity contribution < 1.29 is 13.9 Å². The Labute approximate surface area is 128 Å². The maximum Gasteiger partial charge on any atom is 0.167 e. The van der Waals surface area contributed by atoms with E-state index in [0.717, 1.165) is 6.42 Å². The van der Waals surface area contributed by atoms with Crippen molar-refractivity contribution in [3.05, 3.63) is 64.4 Å². The minimum absolute atomic E-state index is 0.000231. The van der Waals surface area contributed by atoms with Crippen LogP contribution in [0.5, 0.6) is 5.75 Å². The Morgan fingerprint density at radius 3 is 2.76 bits per heavy atom. The Morgan fingerprint density at radius 2 is 2.05 bits per heavy atom. The standard InChI is InChI=1S/C17H16ClFO2/c1-2-8-21-15-5-3-4-13(9-15)17(20)10-12-6-7-14(18)11-16(12)19/h3-7,9,11H,2,8,10H2,1H3. The van der Waals surface area contributed by atoms with Crippen LogP contribution in [0.1, 0.15) is 29.3 Å². The summed E-state index contributed by atoms with van der Waals surface area (Å²) in [4.78, 5) is 12.2. The number of ether oxygens (including phenoxy) is 1. The highest BCUT2D eigenvalue weighted by atomic mass is 35.5. The van der Waals surface area contributed by atoms with Crippen LogP contribution in [0.2, 0.25) is 5.02 Å². The van der Waals surface area contributed by atoms with Gasteiger partial charge in [0.1, 0.15) is 11.6 Å². The molecule has 0 atom stereocenters. The molecule has 0 bridgehead atoms. The number of carbonyl (C=O) groups is 1. The molecule has 0 aliphatic rings. The van der Waals surface area contributed by atoms with Crippen LogP contribution in [0, 0.1) is 5.82 Å². The molecule has 2 aromatic rings. The summed E-state index contributed by atoms with van der Waals surface area (Å²) in [6.07, 6.45) is 0.897. The summed E-state index contributed by atoms with van der Waals surface area (Å²) in [6, 6.07) is 11.3. The number of ketones is 1. The Hall–Kier alpha value is -1.87. The fourth-order valence-electron chi connectivity index (χ4n) is 1.92. The fourth-order valence-corrected chi connectivity index (χ4v) is 2.08. The van der Waals surface area contributed by atoms with Gasteiger partial charge in [-0.1, -0.05) is 36.7 Å². The normalized spacial score (nSPS) is 10.4. The van der Waals surface area contributed by atoms with Crippen molar-refractivity contribution in [2.24, 2.45) is 0 Å². The number of benzene rings is 2. The predicted octanol–water partition coefficient (Wildman–Crippen LogP) is 4.69. The first kappa shape index (κ1) is 15.5. The van der Waals surface area contributed by atoms with Gasteiger partial charge < -0.3 is 4.74 Å². The molecule has 0 N–H and O–H groups in total. The summed E-state index contributed by atoms with van der Waals surface area (Å²) in [6.45, 7) is 2.61. The molecular weight excluding hydrogens is 291 g/mol. The lowest BCUT2D eigenvalue weighted by Crippen LogP contribution is -2.06. The van der Waals surface area contributed by atoms with Gasteiger partial charge in [0.2, 0.25) is 0 Å². The minimum atomic E-state index is -0.464. The van der Waals surface area contributed by atoms with Gasteiger partial charge in [-0.05, 0) is 36.2 Å². The number of hydrogen-bond donors (Lipinski definition) is 0. The first-order valence-corrected chi connectivity index (χ1v) is 7.18. The van der Waals surface area contributed by atoms with Crippen molar-refractivity contribution in [1.29, 1.82) is 0 Å². The van der Waals surface area contributed by atoms with Gasteiger partial charge in [0.25, 0.3) is 0 Å². The Balaban J connectivity index is 2.12. The average molecular weight is 307 g/mol. The number of Topliss-reactive ketones (excluding diaryl/α,β-unsaturated/α-hetero) is 1. The van der Waals surface area contributed by atoms with Crippen LogP contribution >= 0.6 is 11.6 Å². The molecule has 0 aliphatic heterocycles. The third-order valence-corrected chi connectivity index (χ3v) is 3.23. The Bertz CT molecular complexity index is 640. The molecule has 2 rings (SSSR count). The Kier molecular flexibility index (Phi) is 5.34. The third-order valence-electron chi connectivity index (χ3n) is 2.99. The van der Waals surface area contributed by atoms with E-state index in [2.05, 4.69) is 0 Å². The van der Waals surface area contributed by atoms with Crippen molar-refractivity contribution in [3.63, 3.8) is 0 Å². The van der Waals surface area contributed by atoms with Gasteiger partial charge in [0.05, 0.1) is 6.61 Å². The van der Waals surface area contributed by atoms with E-state index >= 15 is 0 Å². The van der Waals surface area contributed by atoms with Crippen molar-refractivity contribution >= 4 is 17.4 Å². The molecule has 2 aromatic carbocycles. The summed E-state index contributed by atoms with van der Waals surface area (Å²) >= 11 is 5.70. The lowest BCUT2D eigenvalue weighted by Gasteiger charge is -2.07. The lowest BCUT2D eigenvalue weighted by molar-refractivity contribution is 0.0991. The summed E-state index contributed by atoms with van der Waals surface area (Å²) in [5, 5.41) is 0.318. The molecule has 21 heavy (non-hydrogen) atoms. The van der Waals surface area contributed by atoms with Crippen molar-refractivity contribution in [2.45, 2.75) is 19.8 Å². The van der Waals surface area contributed by atoms with Crippen LogP contribution in [0.4, 0.5) is 4.39 Å². The fraction of sp³-hybridized carbons (Fsp3) is 0.235. The first-order chi connectivity index (χ1) is 10.1. The summed E-state index contributed by atoms with van der Waals surface area (Å²) < 4.78 is 19.2. The highest BCUT2D eigenvalue weighted by Crippen LogP contribution is 2.19. The van der Waals surface area contributed by atoms with E-state index in [4.69, 9.17) is 16.3 Å². The van der Waals surface area contributed by atoms with Crippen molar-refractivity contribution in [1.82, 2.24) is 0 Å². The molecule has 0 saturated heterocycles. The molecule has 110 valence electrons. The molecule has 0 saturated carbocycles. The number of hydrogen-bond acceptors (Lipinski definition) is 2. The second kappa shape index (κ2) is 7.23. The molecule has 0 radical (unpaired) electrons. The van der Waals surface area contributed by atoms with Gasteiger partial charge in [0, 0.05) is 17.0 Å². The highest BCUT2D eigenvalue weighted by molar-refractivity contribution is 6.30. The molecule has 0 heterocycles. The van der Waals surface area contributed by atoms with Gasteiger partial charge in [-0.15, -0.1) is 0 Å². The van der Waals surface area contributed by atoms with E-state index in [9.17, 15) is 9.18 Å². The summed E-state index contributed by atoms with van der Waals surface area (Å²) in [5.74, 6) is 0.0340. The predicted molar refractivity (Wildman–Crippen MR) is 81.7 cm³/mol. The monoisotopic (exact) mass is 306 g/mol. The SMILES string of the molecule is CCCOc1cccc(C(=O)Cc2ccc(Cl)cc2F)c1. The number of carbonyl (C=O) groups excluding carboxylic acids is 1. The molecule has 0 aliphatic carbocycles. The van der Waals surface area contributed by atoms with Crippen molar-refractivity contribution in [2.75, 3.05) is 6.61 Å². The van der Waals surface area contributed by atoms with Crippen molar-refractivity contribution in [3.8, 4) is 5.75 Å². The van der Waals surface area contributed by atoms with Crippen LogP contribution < -0.4 is 4.74 Å². The van der Waals surface area contributed by atoms with E-state index in [1.165, 1.54) is 12.1 Å². The number of halogens is 2. The van der Waals surface area contributed by atoms with Gasteiger partial charge >= 0.3 is 0 Å². The van der Waals surface area contributed by atoms with Crippen LogP contribution in [-0.4, -0.2) is 12.4 Å². The molecule has 0 spiro atoms. The zero-order chi connectivity index (χ0) is 15.2. The van der Waals surface area contributed by atoms with Crippen LogP contribution in [0.25, 0.3) is 0 Å². The van der Waals surface area contributed by atoms with E-state index in [0.29, 0.717) is 28.5 Å². The minimum Gasteiger partial charge on any atom is -0.494 e. The van der Waals surface area contributed by atoms with E-state index in [-0.39, 0.29) is 12.2 Å². The largest absolute Gasteiger partial charge is 0.494 e. The molecule has 0 fully saturated rings. The lowest BCUT2D eigenvalue weighted by atomic mass is 10.0. The zero-order valence-electron chi connectivity index (χ0n) is 11.7.